The van der Waals surface area contributed by atoms with E-state index in [-0.39, 0.29) is 0 Å². The number of furan rings is 1. The van der Waals surface area contributed by atoms with Crippen LogP contribution < -0.4 is 4.90 Å². The van der Waals surface area contributed by atoms with Crippen molar-refractivity contribution < 1.29 is 4.42 Å². The minimum Gasteiger partial charge on any atom is -0.454 e. The highest BCUT2D eigenvalue weighted by molar-refractivity contribution is 6.25. The second kappa shape index (κ2) is 11.5. The smallest absolute Gasteiger partial charge is 0.159 e. The molecule has 10 aromatic rings. The highest BCUT2D eigenvalue weighted by Gasteiger charge is 2.28. The summed E-state index contributed by atoms with van der Waals surface area (Å²) in [6.45, 7) is 0. The molecule has 50 heavy (non-hydrogen) atoms. The molecule has 0 unspecified atom stereocenters. The number of nitrogens with zero attached hydrogens (tertiary/aromatic N) is 1. The van der Waals surface area contributed by atoms with Gasteiger partial charge in [-0.1, -0.05) is 170 Å². The van der Waals surface area contributed by atoms with Crippen LogP contribution in [0.2, 0.25) is 0 Å². The number of fused-ring (bicyclic) bond motifs is 7. The van der Waals surface area contributed by atoms with E-state index in [0.29, 0.717) is 0 Å². The maximum atomic E-state index is 6.83. The van der Waals surface area contributed by atoms with Crippen molar-refractivity contribution in [2.45, 2.75) is 0 Å². The van der Waals surface area contributed by atoms with Gasteiger partial charge >= 0.3 is 0 Å². The Kier molecular flexibility index (Phi) is 6.53. The van der Waals surface area contributed by atoms with Crippen LogP contribution in [-0.2, 0) is 0 Å². The molecule has 0 spiro atoms. The SMILES string of the molecule is c1ccc(-c2ccccc2N(c2c(-c3cccc4ccccc34)c3ccccc3c3ccccc23)c2cccc3c2oc2ccccc23)cc1. The molecule has 0 aliphatic carbocycles. The predicted molar refractivity (Wildman–Crippen MR) is 212 cm³/mol. The van der Waals surface area contributed by atoms with Crippen LogP contribution in [0.3, 0.4) is 0 Å². The van der Waals surface area contributed by atoms with E-state index >= 15 is 0 Å². The van der Waals surface area contributed by atoms with Crippen LogP contribution >= 0.6 is 0 Å². The fourth-order valence-electron chi connectivity index (χ4n) is 7.88. The Labute approximate surface area is 290 Å². The molecule has 1 heterocycles. The van der Waals surface area contributed by atoms with Crippen LogP contribution in [0, 0.1) is 0 Å². The third kappa shape index (κ3) is 4.36. The van der Waals surface area contributed by atoms with Gasteiger partial charge in [0.2, 0.25) is 0 Å². The summed E-state index contributed by atoms with van der Waals surface area (Å²) in [5.41, 5.74) is 9.60. The second-order valence-electron chi connectivity index (χ2n) is 12.8. The molecule has 0 aliphatic heterocycles. The summed E-state index contributed by atoms with van der Waals surface area (Å²) in [7, 11) is 0. The second-order valence-corrected chi connectivity index (χ2v) is 12.8. The Morgan fingerprint density at radius 3 is 1.72 bits per heavy atom. The fraction of sp³-hybridized carbons (Fsp3) is 0. The first-order valence-corrected chi connectivity index (χ1v) is 17.1. The number of hydrogen-bond donors (Lipinski definition) is 0. The molecule has 2 nitrogen and oxygen atoms in total. The maximum absolute atomic E-state index is 6.83. The summed E-state index contributed by atoms with van der Waals surface area (Å²) in [6.07, 6.45) is 0. The molecule has 9 aromatic carbocycles. The Hall–Kier alpha value is -6.64. The zero-order valence-corrected chi connectivity index (χ0v) is 27.3. The number of para-hydroxylation sites is 3. The summed E-state index contributed by atoms with van der Waals surface area (Å²) in [4.78, 5) is 2.47. The Balaban J connectivity index is 1.44. The lowest BCUT2D eigenvalue weighted by atomic mass is 9.87. The molecule has 0 radical (unpaired) electrons. The quantitative estimate of drug-likeness (QED) is 0.175. The van der Waals surface area contributed by atoms with Crippen LogP contribution in [0.1, 0.15) is 0 Å². The van der Waals surface area contributed by atoms with Gasteiger partial charge in [-0.15, -0.1) is 0 Å². The van der Waals surface area contributed by atoms with Crippen LogP contribution in [0.5, 0.6) is 0 Å². The van der Waals surface area contributed by atoms with Crippen molar-refractivity contribution in [1.82, 2.24) is 0 Å². The van der Waals surface area contributed by atoms with E-state index in [2.05, 4.69) is 187 Å². The number of hydrogen-bond acceptors (Lipinski definition) is 2. The third-order valence-electron chi connectivity index (χ3n) is 10.0. The molecule has 0 atom stereocenters. The van der Waals surface area contributed by atoms with Gasteiger partial charge in [0.15, 0.2) is 5.58 Å². The van der Waals surface area contributed by atoms with Crippen LogP contribution in [0.4, 0.5) is 17.1 Å². The molecule has 0 bridgehead atoms. The van der Waals surface area contributed by atoms with Crippen molar-refractivity contribution in [2.75, 3.05) is 4.90 Å². The Morgan fingerprint density at radius 2 is 0.880 bits per heavy atom. The van der Waals surface area contributed by atoms with Crippen LogP contribution in [0.25, 0.3) is 76.5 Å². The van der Waals surface area contributed by atoms with Gasteiger partial charge in [0.05, 0.1) is 17.1 Å². The fourth-order valence-corrected chi connectivity index (χ4v) is 7.88. The molecule has 0 saturated carbocycles. The molecular formula is C48H31NO. The van der Waals surface area contributed by atoms with Crippen molar-refractivity contribution in [2.24, 2.45) is 0 Å². The van der Waals surface area contributed by atoms with Gasteiger partial charge in [0, 0.05) is 27.3 Å². The first-order chi connectivity index (χ1) is 24.8. The van der Waals surface area contributed by atoms with Gasteiger partial charge in [-0.2, -0.15) is 0 Å². The third-order valence-corrected chi connectivity index (χ3v) is 10.0. The average molecular weight is 638 g/mol. The maximum Gasteiger partial charge on any atom is 0.159 e. The monoisotopic (exact) mass is 637 g/mol. The van der Waals surface area contributed by atoms with Crippen LogP contribution in [0.15, 0.2) is 192 Å². The van der Waals surface area contributed by atoms with Crippen molar-refractivity contribution in [3.8, 4) is 22.3 Å². The molecule has 0 amide bonds. The van der Waals surface area contributed by atoms with Crippen molar-refractivity contribution >= 4 is 71.3 Å². The molecule has 0 N–H and O–H groups in total. The highest BCUT2D eigenvalue weighted by atomic mass is 16.3. The van der Waals surface area contributed by atoms with E-state index in [0.717, 1.165) is 50.1 Å². The minimum atomic E-state index is 0.859. The summed E-state index contributed by atoms with van der Waals surface area (Å²) in [6, 6.07) is 67.5. The summed E-state index contributed by atoms with van der Waals surface area (Å²) >= 11 is 0. The molecule has 2 heteroatoms. The van der Waals surface area contributed by atoms with Gasteiger partial charge in [-0.25, -0.2) is 0 Å². The Bertz CT molecular complexity index is 2880. The van der Waals surface area contributed by atoms with Crippen molar-refractivity contribution in [1.29, 1.82) is 0 Å². The number of benzene rings is 9. The van der Waals surface area contributed by atoms with Crippen molar-refractivity contribution in [3.63, 3.8) is 0 Å². The van der Waals surface area contributed by atoms with Gasteiger partial charge in [-0.3, -0.25) is 0 Å². The summed E-state index contributed by atoms with van der Waals surface area (Å²) in [5, 5.41) is 9.45. The van der Waals surface area contributed by atoms with Crippen molar-refractivity contribution in [3.05, 3.63) is 188 Å². The van der Waals surface area contributed by atoms with E-state index in [9.17, 15) is 0 Å². The van der Waals surface area contributed by atoms with Gasteiger partial charge < -0.3 is 9.32 Å². The topological polar surface area (TPSA) is 16.4 Å². The lowest BCUT2D eigenvalue weighted by molar-refractivity contribution is 0.669. The summed E-state index contributed by atoms with van der Waals surface area (Å²) < 4.78 is 6.83. The molecule has 0 saturated heterocycles. The molecular weight excluding hydrogens is 607 g/mol. The lowest BCUT2D eigenvalue weighted by Crippen LogP contribution is -2.14. The minimum absolute atomic E-state index is 0.859. The van der Waals surface area contributed by atoms with Gasteiger partial charge in [0.1, 0.15) is 5.58 Å². The number of anilines is 3. The standard InChI is InChI=1S/C48H31NO/c1-2-16-33(17-3-1)35-21-10-12-29-43(35)49(44-30-15-28-42-38-24-11-13-31-45(38)50-48(42)44)47-41-26-9-7-23-37(41)36-22-6-8-25-40(36)46(47)39-27-14-19-32-18-4-5-20-34(32)39/h1-31H. The Morgan fingerprint density at radius 1 is 0.340 bits per heavy atom. The predicted octanol–water partition coefficient (Wildman–Crippen LogP) is 13.8. The largest absolute Gasteiger partial charge is 0.454 e. The van der Waals surface area contributed by atoms with E-state index in [1.165, 1.54) is 43.4 Å². The van der Waals surface area contributed by atoms with E-state index < -0.39 is 0 Å². The van der Waals surface area contributed by atoms with E-state index in [1.807, 2.05) is 6.07 Å². The van der Waals surface area contributed by atoms with Gasteiger partial charge in [0.25, 0.3) is 0 Å². The first kappa shape index (κ1) is 28.4. The van der Waals surface area contributed by atoms with Gasteiger partial charge in [-0.05, 0) is 56.3 Å². The number of rotatable bonds is 5. The molecule has 234 valence electrons. The zero-order valence-electron chi connectivity index (χ0n) is 27.3. The normalized spacial score (nSPS) is 11.6. The average Bonchev–Trinajstić information content (AvgIpc) is 3.58. The first-order valence-electron chi connectivity index (χ1n) is 17.1. The zero-order chi connectivity index (χ0) is 33.0. The van der Waals surface area contributed by atoms with Crippen LogP contribution in [-0.4, -0.2) is 0 Å². The molecule has 0 aliphatic rings. The van der Waals surface area contributed by atoms with E-state index in [1.54, 1.807) is 0 Å². The summed E-state index contributed by atoms with van der Waals surface area (Å²) in [5.74, 6) is 0. The lowest BCUT2D eigenvalue weighted by Gasteiger charge is -2.32. The highest BCUT2D eigenvalue weighted by Crippen LogP contribution is 2.53. The molecule has 1 aromatic heterocycles. The van der Waals surface area contributed by atoms with E-state index in [4.69, 9.17) is 4.42 Å². The molecule has 10 rings (SSSR count). The molecule has 0 fully saturated rings.